The zero-order valence-corrected chi connectivity index (χ0v) is 9.12. The van der Waals surface area contributed by atoms with Gasteiger partial charge in [-0.05, 0) is 13.3 Å². The predicted molar refractivity (Wildman–Crippen MR) is 55.1 cm³/mol. The van der Waals surface area contributed by atoms with Crippen LogP contribution in [0.25, 0.3) is 0 Å². The summed E-state index contributed by atoms with van der Waals surface area (Å²) in [6.07, 6.45) is 2.70. The van der Waals surface area contributed by atoms with Gasteiger partial charge in [0.2, 0.25) is 0 Å². The van der Waals surface area contributed by atoms with E-state index in [9.17, 15) is 0 Å². The molecule has 1 fully saturated rings. The molecule has 3 heteroatoms. The second kappa shape index (κ2) is 5.49. The summed E-state index contributed by atoms with van der Waals surface area (Å²) in [7, 11) is 0. The summed E-state index contributed by atoms with van der Waals surface area (Å²) in [4.78, 5) is 0. The van der Waals surface area contributed by atoms with Gasteiger partial charge in [-0.1, -0.05) is 13.0 Å². The van der Waals surface area contributed by atoms with E-state index in [0.29, 0.717) is 13.2 Å². The van der Waals surface area contributed by atoms with Crippen molar-refractivity contribution in [3.8, 4) is 0 Å². The normalized spacial score (nSPS) is 32.9. The Morgan fingerprint density at radius 3 is 2.64 bits per heavy atom. The highest BCUT2D eigenvalue weighted by atomic mass is 16.7. The molecule has 0 bridgehead atoms. The van der Waals surface area contributed by atoms with E-state index in [1.807, 2.05) is 6.92 Å². The van der Waals surface area contributed by atoms with E-state index in [1.54, 1.807) is 6.08 Å². The highest BCUT2D eigenvalue weighted by Crippen LogP contribution is 2.28. The molecule has 0 aliphatic carbocycles. The molecule has 0 amide bonds. The predicted octanol–water partition coefficient (Wildman–Crippen LogP) is 1.98. The number of hydrogen-bond donors (Lipinski definition) is 0. The maximum atomic E-state index is 5.49. The molecule has 1 aliphatic rings. The fourth-order valence-electron chi connectivity index (χ4n) is 1.43. The van der Waals surface area contributed by atoms with E-state index >= 15 is 0 Å². The van der Waals surface area contributed by atoms with Gasteiger partial charge in [0.05, 0.1) is 26.4 Å². The fourth-order valence-corrected chi connectivity index (χ4v) is 1.43. The summed E-state index contributed by atoms with van der Waals surface area (Å²) < 4.78 is 16.4. The first-order valence-electron chi connectivity index (χ1n) is 5.14. The quantitative estimate of drug-likeness (QED) is 0.501. The summed E-state index contributed by atoms with van der Waals surface area (Å²) in [5.74, 6) is 0. The minimum atomic E-state index is -0.0749. The van der Waals surface area contributed by atoms with Gasteiger partial charge in [0.15, 0.2) is 6.29 Å². The molecule has 1 rings (SSSR count). The molecular formula is C11H20O3. The molecule has 0 aromatic rings. The maximum absolute atomic E-state index is 5.49. The summed E-state index contributed by atoms with van der Waals surface area (Å²) in [5, 5.41) is 0. The molecule has 1 saturated heterocycles. The molecule has 0 aromatic heterocycles. The minimum Gasteiger partial charge on any atom is -0.377 e. The van der Waals surface area contributed by atoms with Crippen LogP contribution in [0, 0.1) is 5.41 Å². The van der Waals surface area contributed by atoms with Crippen LogP contribution in [-0.4, -0.2) is 32.7 Å². The Balaban J connectivity index is 2.37. The maximum Gasteiger partial charge on any atom is 0.154 e. The molecule has 0 aromatic carbocycles. The molecule has 1 heterocycles. The number of rotatable bonds is 5. The van der Waals surface area contributed by atoms with Crippen molar-refractivity contribution in [3.05, 3.63) is 12.7 Å². The molecule has 0 saturated carbocycles. The Morgan fingerprint density at radius 1 is 1.50 bits per heavy atom. The Morgan fingerprint density at radius 2 is 2.14 bits per heavy atom. The van der Waals surface area contributed by atoms with Gasteiger partial charge < -0.3 is 14.2 Å². The lowest BCUT2D eigenvalue weighted by atomic mass is 9.87. The van der Waals surface area contributed by atoms with Crippen LogP contribution in [0.1, 0.15) is 20.3 Å². The van der Waals surface area contributed by atoms with Gasteiger partial charge in [0.25, 0.3) is 0 Å². The van der Waals surface area contributed by atoms with Crippen LogP contribution < -0.4 is 0 Å². The van der Waals surface area contributed by atoms with Crippen LogP contribution in [0.15, 0.2) is 12.7 Å². The number of ether oxygens (including phenoxy) is 3. The topological polar surface area (TPSA) is 27.7 Å². The minimum absolute atomic E-state index is 0.0372. The molecule has 0 unspecified atom stereocenters. The van der Waals surface area contributed by atoms with Crippen molar-refractivity contribution in [1.29, 1.82) is 0 Å². The Bertz CT molecular complexity index is 171. The summed E-state index contributed by atoms with van der Waals surface area (Å²) in [6, 6.07) is 0. The largest absolute Gasteiger partial charge is 0.377 e. The highest BCUT2D eigenvalue weighted by molar-refractivity contribution is 4.80. The summed E-state index contributed by atoms with van der Waals surface area (Å²) >= 11 is 0. The van der Waals surface area contributed by atoms with Gasteiger partial charge in [-0.15, -0.1) is 6.58 Å². The summed E-state index contributed by atoms with van der Waals surface area (Å²) in [5.41, 5.74) is 0.0372. The van der Waals surface area contributed by atoms with Crippen LogP contribution in [0.2, 0.25) is 0 Å². The fraction of sp³-hybridized carbons (Fsp3) is 0.818. The molecule has 0 radical (unpaired) electrons. The lowest BCUT2D eigenvalue weighted by Crippen LogP contribution is -2.43. The first kappa shape index (κ1) is 11.7. The SMILES string of the molecule is C=CCOCC1(CC)COC(C)OC1. The van der Waals surface area contributed by atoms with E-state index in [-0.39, 0.29) is 11.7 Å². The van der Waals surface area contributed by atoms with Gasteiger partial charge in [0, 0.05) is 5.41 Å². The molecule has 82 valence electrons. The zero-order valence-electron chi connectivity index (χ0n) is 9.12. The second-order valence-corrected chi connectivity index (χ2v) is 3.85. The molecule has 3 nitrogen and oxygen atoms in total. The van der Waals surface area contributed by atoms with Crippen molar-refractivity contribution in [2.24, 2.45) is 5.41 Å². The van der Waals surface area contributed by atoms with Gasteiger partial charge >= 0.3 is 0 Å². The van der Waals surface area contributed by atoms with E-state index in [2.05, 4.69) is 13.5 Å². The third-order valence-corrected chi connectivity index (χ3v) is 2.64. The van der Waals surface area contributed by atoms with Crippen molar-refractivity contribution in [2.75, 3.05) is 26.4 Å². The average Bonchev–Trinajstić information content (AvgIpc) is 2.22. The Labute approximate surface area is 86.0 Å². The number of hydrogen-bond acceptors (Lipinski definition) is 3. The monoisotopic (exact) mass is 200 g/mol. The van der Waals surface area contributed by atoms with Gasteiger partial charge in [0.1, 0.15) is 0 Å². The molecule has 14 heavy (non-hydrogen) atoms. The molecule has 0 atom stereocenters. The van der Waals surface area contributed by atoms with E-state index in [1.165, 1.54) is 0 Å². The Kier molecular flexibility index (Phi) is 4.58. The van der Waals surface area contributed by atoms with Crippen molar-refractivity contribution >= 4 is 0 Å². The zero-order chi connectivity index (χ0) is 10.4. The van der Waals surface area contributed by atoms with Crippen LogP contribution >= 0.6 is 0 Å². The van der Waals surface area contributed by atoms with Gasteiger partial charge in [-0.25, -0.2) is 0 Å². The lowest BCUT2D eigenvalue weighted by molar-refractivity contribution is -0.231. The van der Waals surface area contributed by atoms with E-state index < -0.39 is 0 Å². The molecule has 1 aliphatic heterocycles. The highest BCUT2D eigenvalue weighted by Gasteiger charge is 2.34. The van der Waals surface area contributed by atoms with Crippen molar-refractivity contribution in [2.45, 2.75) is 26.6 Å². The first-order valence-corrected chi connectivity index (χ1v) is 5.14. The van der Waals surface area contributed by atoms with Crippen molar-refractivity contribution in [3.63, 3.8) is 0 Å². The smallest absolute Gasteiger partial charge is 0.154 e. The third-order valence-electron chi connectivity index (χ3n) is 2.64. The molecule has 0 spiro atoms. The van der Waals surface area contributed by atoms with Crippen LogP contribution in [0.3, 0.4) is 0 Å². The molecular weight excluding hydrogens is 180 g/mol. The van der Waals surface area contributed by atoms with Crippen LogP contribution in [0.5, 0.6) is 0 Å². The van der Waals surface area contributed by atoms with Crippen LogP contribution in [0.4, 0.5) is 0 Å². The van der Waals surface area contributed by atoms with Crippen LogP contribution in [-0.2, 0) is 14.2 Å². The average molecular weight is 200 g/mol. The Hall–Kier alpha value is -0.380. The third kappa shape index (κ3) is 3.08. The van der Waals surface area contributed by atoms with Gasteiger partial charge in [-0.3, -0.25) is 0 Å². The lowest BCUT2D eigenvalue weighted by Gasteiger charge is -2.38. The first-order chi connectivity index (χ1) is 6.72. The van der Waals surface area contributed by atoms with Gasteiger partial charge in [-0.2, -0.15) is 0 Å². The second-order valence-electron chi connectivity index (χ2n) is 3.85. The van der Waals surface area contributed by atoms with E-state index in [0.717, 1.165) is 19.6 Å². The van der Waals surface area contributed by atoms with Crippen molar-refractivity contribution in [1.82, 2.24) is 0 Å². The summed E-state index contributed by atoms with van der Waals surface area (Å²) in [6.45, 7) is 10.4. The molecule has 0 N–H and O–H groups in total. The standard InChI is InChI=1S/C11H20O3/c1-4-6-12-7-11(5-2)8-13-10(3)14-9-11/h4,10H,1,5-9H2,2-3H3. The van der Waals surface area contributed by atoms with E-state index in [4.69, 9.17) is 14.2 Å². The van der Waals surface area contributed by atoms with Crippen molar-refractivity contribution < 1.29 is 14.2 Å².